The average molecular weight is 435 g/mol. The molecule has 0 aliphatic heterocycles. The zero-order valence-electron chi connectivity index (χ0n) is 19.8. The Hall–Kier alpha value is -0.660. The van der Waals surface area contributed by atoms with E-state index in [1.54, 1.807) is 0 Å². The van der Waals surface area contributed by atoms with Gasteiger partial charge in [0.05, 0.1) is 0 Å². The van der Waals surface area contributed by atoms with Crippen molar-refractivity contribution in [3.8, 4) is 0 Å². The number of hydrogen-bond donors (Lipinski definition) is 0. The topological polar surface area (TPSA) is 34.1 Å². The van der Waals surface area contributed by atoms with Crippen LogP contribution in [0.2, 0.25) is 0 Å². The van der Waals surface area contributed by atoms with E-state index in [4.69, 9.17) is 0 Å². The Balaban J connectivity index is 1.15. The van der Waals surface area contributed by atoms with E-state index in [9.17, 15) is 9.59 Å². The minimum atomic E-state index is 0.420. The molecule has 0 bridgehead atoms. The van der Waals surface area contributed by atoms with Crippen molar-refractivity contribution >= 4 is 11.6 Å². The molecule has 8 saturated carbocycles. The second-order valence-electron chi connectivity index (χ2n) is 13.9. The molecule has 0 N–H and O–H groups in total. The van der Waals surface area contributed by atoms with Crippen LogP contribution in [0, 0.1) is 82.9 Å². The van der Waals surface area contributed by atoms with Gasteiger partial charge in [-0.2, -0.15) is 0 Å². The molecule has 8 fully saturated rings. The number of ketones is 2. The Bertz CT molecular complexity index is 763. The Morgan fingerprint density at radius 1 is 0.438 bits per heavy atom. The van der Waals surface area contributed by atoms with E-state index in [0.29, 0.717) is 35.5 Å². The molecule has 32 heavy (non-hydrogen) atoms. The molecule has 14 unspecified atom stereocenters. The highest BCUT2D eigenvalue weighted by Gasteiger charge is 2.66. The summed E-state index contributed by atoms with van der Waals surface area (Å²) in [6, 6.07) is 0. The van der Waals surface area contributed by atoms with Crippen LogP contribution in [0.25, 0.3) is 0 Å². The average Bonchev–Trinajstić information content (AvgIpc) is 3.29. The van der Waals surface area contributed by atoms with Gasteiger partial charge >= 0.3 is 0 Å². The van der Waals surface area contributed by atoms with E-state index < -0.39 is 0 Å². The summed E-state index contributed by atoms with van der Waals surface area (Å²) < 4.78 is 0. The van der Waals surface area contributed by atoms with Crippen molar-refractivity contribution in [2.24, 2.45) is 82.9 Å². The van der Waals surface area contributed by atoms with Gasteiger partial charge in [0.1, 0.15) is 11.6 Å². The SMILES string of the molecule is O=C1C2CCCCC2C2CC3CCC4C5C(=O)C6CCCCC6C5CC5CCC(C12)C3C54. The van der Waals surface area contributed by atoms with Crippen molar-refractivity contribution in [1.29, 1.82) is 0 Å². The molecule has 8 aliphatic carbocycles. The van der Waals surface area contributed by atoms with Crippen LogP contribution in [-0.2, 0) is 9.59 Å². The monoisotopic (exact) mass is 434 g/mol. The normalized spacial score (nSPS) is 60.1. The molecule has 0 radical (unpaired) electrons. The van der Waals surface area contributed by atoms with Crippen LogP contribution >= 0.6 is 0 Å². The zero-order valence-corrected chi connectivity index (χ0v) is 19.8. The molecule has 174 valence electrons. The maximum atomic E-state index is 13.7. The smallest absolute Gasteiger partial charge is 0.139 e. The second-order valence-corrected chi connectivity index (χ2v) is 13.9. The van der Waals surface area contributed by atoms with E-state index in [-0.39, 0.29) is 0 Å². The molecule has 2 nitrogen and oxygen atoms in total. The lowest BCUT2D eigenvalue weighted by atomic mass is 9.42. The van der Waals surface area contributed by atoms with Gasteiger partial charge in [-0.3, -0.25) is 9.59 Å². The van der Waals surface area contributed by atoms with Gasteiger partial charge < -0.3 is 0 Å². The van der Waals surface area contributed by atoms with Crippen LogP contribution < -0.4 is 0 Å². The van der Waals surface area contributed by atoms with Crippen molar-refractivity contribution in [3.05, 3.63) is 0 Å². The molecule has 0 spiro atoms. The van der Waals surface area contributed by atoms with Crippen molar-refractivity contribution < 1.29 is 9.59 Å². The first-order valence-electron chi connectivity index (χ1n) is 14.8. The largest absolute Gasteiger partial charge is 0.299 e. The third-order valence-corrected chi connectivity index (χ3v) is 13.4. The summed E-state index contributed by atoms with van der Waals surface area (Å²) in [5.41, 5.74) is 0. The van der Waals surface area contributed by atoms with Crippen LogP contribution in [0.15, 0.2) is 0 Å². The zero-order chi connectivity index (χ0) is 21.1. The third-order valence-electron chi connectivity index (χ3n) is 13.4. The summed E-state index contributed by atoms with van der Waals surface area (Å²) in [4.78, 5) is 27.5. The third kappa shape index (κ3) is 2.39. The second kappa shape index (κ2) is 6.94. The van der Waals surface area contributed by atoms with Gasteiger partial charge in [0.2, 0.25) is 0 Å². The van der Waals surface area contributed by atoms with Gasteiger partial charge in [-0.15, -0.1) is 0 Å². The maximum Gasteiger partial charge on any atom is 0.139 e. The highest BCUT2D eigenvalue weighted by atomic mass is 16.1. The first-order chi connectivity index (χ1) is 15.7. The summed E-state index contributed by atoms with van der Waals surface area (Å²) in [7, 11) is 0. The van der Waals surface area contributed by atoms with Crippen molar-refractivity contribution in [3.63, 3.8) is 0 Å². The Morgan fingerprint density at radius 3 is 1.34 bits per heavy atom. The lowest BCUT2D eigenvalue weighted by Gasteiger charge is -2.62. The predicted octanol–water partition coefficient (Wildman–Crippen LogP) is 6.32. The number of hydrogen-bond acceptors (Lipinski definition) is 2. The molecule has 14 atom stereocenters. The Kier molecular flexibility index (Phi) is 4.26. The fourth-order valence-electron chi connectivity index (χ4n) is 12.8. The van der Waals surface area contributed by atoms with Crippen molar-refractivity contribution in [1.82, 2.24) is 0 Å². The van der Waals surface area contributed by atoms with Gasteiger partial charge in [0, 0.05) is 23.7 Å². The van der Waals surface area contributed by atoms with Crippen molar-refractivity contribution in [2.75, 3.05) is 0 Å². The fraction of sp³-hybridized carbons (Fsp3) is 0.933. The van der Waals surface area contributed by atoms with E-state index in [2.05, 4.69) is 0 Å². The molecule has 8 rings (SSSR count). The molecule has 0 aromatic rings. The van der Waals surface area contributed by atoms with E-state index in [0.717, 1.165) is 58.9 Å². The van der Waals surface area contributed by atoms with E-state index >= 15 is 0 Å². The Morgan fingerprint density at radius 2 is 0.875 bits per heavy atom. The molecule has 8 aliphatic rings. The first kappa shape index (κ1) is 19.6. The standard InChI is InChI=1S/C30H42O2/c31-29-19-7-3-1-5-17(19)23-13-15-9-12-22-26-16(10-11-21(25(15)26)27(23)29)14-24-18-6-2-4-8-20(18)30(32)28(22)24/h15-28H,1-14H2. The van der Waals surface area contributed by atoms with Crippen LogP contribution in [0.4, 0.5) is 0 Å². The first-order valence-corrected chi connectivity index (χ1v) is 14.8. The summed E-state index contributed by atoms with van der Waals surface area (Å²) >= 11 is 0. The van der Waals surface area contributed by atoms with Gasteiger partial charge in [-0.1, -0.05) is 25.7 Å². The minimum absolute atomic E-state index is 0.420. The fourth-order valence-corrected chi connectivity index (χ4v) is 12.8. The minimum Gasteiger partial charge on any atom is -0.299 e. The van der Waals surface area contributed by atoms with Crippen LogP contribution in [0.5, 0.6) is 0 Å². The van der Waals surface area contributed by atoms with Crippen LogP contribution in [-0.4, -0.2) is 11.6 Å². The summed E-state index contributed by atoms with van der Waals surface area (Å²) in [5.74, 6) is 10.9. The maximum absolute atomic E-state index is 13.7. The van der Waals surface area contributed by atoms with E-state index in [1.807, 2.05) is 0 Å². The number of carbonyl (C=O) groups excluding carboxylic acids is 2. The highest BCUT2D eigenvalue weighted by Crippen LogP contribution is 2.69. The molecular formula is C30H42O2. The number of Topliss-reactive ketones (excluding diaryl/α,β-unsaturated/α-hetero) is 2. The summed E-state index contributed by atoms with van der Waals surface area (Å²) in [6.45, 7) is 0. The number of rotatable bonds is 0. The summed E-state index contributed by atoms with van der Waals surface area (Å²) in [6.07, 6.45) is 18.6. The number of fused-ring (bicyclic) bond motifs is 8. The van der Waals surface area contributed by atoms with Crippen molar-refractivity contribution in [2.45, 2.75) is 89.9 Å². The molecule has 0 saturated heterocycles. The van der Waals surface area contributed by atoms with Gasteiger partial charge in [0.25, 0.3) is 0 Å². The number of carbonyl (C=O) groups is 2. The lowest BCUT2D eigenvalue weighted by molar-refractivity contribution is -0.156. The molecule has 0 amide bonds. The van der Waals surface area contributed by atoms with E-state index in [1.165, 1.54) is 89.9 Å². The summed E-state index contributed by atoms with van der Waals surface area (Å²) in [5, 5.41) is 0. The van der Waals surface area contributed by atoms with Gasteiger partial charge in [0.15, 0.2) is 0 Å². The lowest BCUT2D eigenvalue weighted by Crippen LogP contribution is -2.57. The molecule has 0 aromatic carbocycles. The van der Waals surface area contributed by atoms with Gasteiger partial charge in [-0.05, 0) is 123 Å². The molecule has 0 aromatic heterocycles. The Labute approximate surface area is 194 Å². The molecule has 2 heteroatoms. The van der Waals surface area contributed by atoms with Crippen LogP contribution in [0.3, 0.4) is 0 Å². The van der Waals surface area contributed by atoms with Crippen LogP contribution in [0.1, 0.15) is 89.9 Å². The molecular weight excluding hydrogens is 392 g/mol. The highest BCUT2D eigenvalue weighted by molar-refractivity contribution is 5.88. The predicted molar refractivity (Wildman–Crippen MR) is 124 cm³/mol. The quantitative estimate of drug-likeness (QED) is 0.447. The molecule has 0 heterocycles. The van der Waals surface area contributed by atoms with Gasteiger partial charge in [-0.25, -0.2) is 0 Å².